The lowest BCUT2D eigenvalue weighted by molar-refractivity contribution is 0.600. The summed E-state index contributed by atoms with van der Waals surface area (Å²) in [6, 6.07) is 21.3. The fraction of sp³-hybridized carbons (Fsp3) is 0.0800. The average Bonchev–Trinajstić information content (AvgIpc) is 3.30. The van der Waals surface area contributed by atoms with Gasteiger partial charge < -0.3 is 4.42 Å². The van der Waals surface area contributed by atoms with Crippen LogP contribution in [0.3, 0.4) is 0 Å². The second kappa shape index (κ2) is 7.33. The number of furan rings is 1. The Kier molecular flexibility index (Phi) is 4.42. The molecule has 0 saturated heterocycles. The molecule has 2 aromatic heterocycles. The van der Waals surface area contributed by atoms with Gasteiger partial charge in [0.15, 0.2) is 17.4 Å². The lowest BCUT2D eigenvalue weighted by atomic mass is 10.0. The fourth-order valence-electron chi connectivity index (χ4n) is 4.03. The van der Waals surface area contributed by atoms with Crippen molar-refractivity contribution >= 4 is 39.9 Å². The molecule has 3 heterocycles. The summed E-state index contributed by atoms with van der Waals surface area (Å²) in [6.45, 7) is 2.05. The third-order valence-corrected chi connectivity index (χ3v) is 6.13. The largest absolute Gasteiger partial charge is 0.454 e. The Labute approximate surface area is 193 Å². The molecule has 6 rings (SSSR count). The van der Waals surface area contributed by atoms with Crippen molar-refractivity contribution in [2.45, 2.75) is 13.3 Å². The van der Waals surface area contributed by atoms with Gasteiger partial charge in [-0.05, 0) is 55.0 Å². The van der Waals surface area contributed by atoms with Crippen LogP contribution in [0.25, 0.3) is 22.4 Å². The van der Waals surface area contributed by atoms with E-state index in [1.165, 1.54) is 0 Å². The maximum atomic E-state index is 6.37. The molecule has 0 saturated carbocycles. The van der Waals surface area contributed by atoms with Gasteiger partial charge in [0.2, 0.25) is 0 Å². The summed E-state index contributed by atoms with van der Waals surface area (Å²) >= 11 is 12.2. The Morgan fingerprint density at radius 1 is 0.844 bits per heavy atom. The van der Waals surface area contributed by atoms with E-state index in [-0.39, 0.29) is 0 Å². The van der Waals surface area contributed by atoms with Crippen LogP contribution in [0.5, 0.6) is 0 Å². The lowest BCUT2D eigenvalue weighted by Crippen LogP contribution is -2.06. The van der Waals surface area contributed by atoms with Gasteiger partial charge in [-0.1, -0.05) is 47.5 Å². The normalized spacial score (nSPS) is 12.9. The molecule has 0 radical (unpaired) electrons. The van der Waals surface area contributed by atoms with E-state index in [2.05, 4.69) is 29.3 Å². The van der Waals surface area contributed by atoms with E-state index in [0.717, 1.165) is 44.8 Å². The van der Waals surface area contributed by atoms with Crippen LogP contribution in [0.1, 0.15) is 28.3 Å². The van der Waals surface area contributed by atoms with Gasteiger partial charge in [0, 0.05) is 38.5 Å². The van der Waals surface area contributed by atoms with E-state index in [9.17, 15) is 0 Å². The third-order valence-electron chi connectivity index (χ3n) is 5.62. The predicted molar refractivity (Wildman–Crippen MR) is 127 cm³/mol. The molecule has 0 unspecified atom stereocenters. The molecule has 0 amide bonds. The van der Waals surface area contributed by atoms with E-state index in [1.54, 1.807) is 4.68 Å². The summed E-state index contributed by atoms with van der Waals surface area (Å²) < 4.78 is 8.16. The Balaban J connectivity index is 1.62. The zero-order valence-corrected chi connectivity index (χ0v) is 18.5. The van der Waals surface area contributed by atoms with Crippen LogP contribution >= 0.6 is 23.2 Å². The van der Waals surface area contributed by atoms with Crippen LogP contribution in [0.2, 0.25) is 10.0 Å². The number of hydrogen-bond donors (Lipinski definition) is 0. The lowest BCUT2D eigenvalue weighted by Gasteiger charge is -2.06. The minimum atomic E-state index is 0.548. The monoisotopic (exact) mass is 458 g/mol. The van der Waals surface area contributed by atoms with Crippen molar-refractivity contribution in [3.63, 3.8) is 0 Å². The zero-order chi connectivity index (χ0) is 21.8. The van der Waals surface area contributed by atoms with Crippen molar-refractivity contribution in [1.82, 2.24) is 14.9 Å². The van der Waals surface area contributed by atoms with Gasteiger partial charge in [-0.3, -0.25) is 0 Å². The molecule has 0 bridgehead atoms. The van der Waals surface area contributed by atoms with Gasteiger partial charge in [-0.2, -0.15) is 9.78 Å². The van der Waals surface area contributed by atoms with Crippen molar-refractivity contribution in [2.75, 3.05) is 0 Å². The molecule has 0 spiro atoms. The summed E-state index contributed by atoms with van der Waals surface area (Å²) in [6.07, 6.45) is 0.548. The number of hydrogen-bond acceptors (Lipinski definition) is 4. The molecule has 5 aromatic rings. The highest BCUT2D eigenvalue weighted by Gasteiger charge is 2.27. The molecule has 3 aromatic carbocycles. The second-order valence-corrected chi connectivity index (χ2v) is 8.67. The third kappa shape index (κ3) is 3.13. The SMILES string of the molecule is Cc1ccc2c3c(oc2c1)C(c1ccc(Cl)cc1)=Nn1c(nnc1-c1ccc(Cl)cc1)C3. The summed E-state index contributed by atoms with van der Waals surface area (Å²) in [7, 11) is 0. The molecular weight excluding hydrogens is 443 g/mol. The number of aromatic nitrogens is 3. The number of rotatable bonds is 2. The van der Waals surface area contributed by atoms with Crippen molar-refractivity contribution in [3.8, 4) is 11.4 Å². The summed E-state index contributed by atoms with van der Waals surface area (Å²) in [4.78, 5) is 0. The van der Waals surface area contributed by atoms with Crippen molar-refractivity contribution < 1.29 is 4.42 Å². The van der Waals surface area contributed by atoms with E-state index >= 15 is 0 Å². The van der Waals surface area contributed by atoms with Crippen molar-refractivity contribution in [1.29, 1.82) is 0 Å². The first-order valence-corrected chi connectivity index (χ1v) is 10.9. The Hall–Kier alpha value is -3.41. The highest BCUT2D eigenvalue weighted by molar-refractivity contribution is 6.31. The van der Waals surface area contributed by atoms with Crippen LogP contribution in [0.15, 0.2) is 76.2 Å². The maximum absolute atomic E-state index is 6.37. The number of fused-ring (bicyclic) bond motifs is 4. The highest BCUT2D eigenvalue weighted by atomic mass is 35.5. The number of halogens is 2. The van der Waals surface area contributed by atoms with Crippen LogP contribution in [-0.4, -0.2) is 20.6 Å². The van der Waals surface area contributed by atoms with Gasteiger partial charge in [-0.15, -0.1) is 10.2 Å². The molecular formula is C25H16Cl2N4O. The first-order chi connectivity index (χ1) is 15.6. The first-order valence-electron chi connectivity index (χ1n) is 10.1. The first kappa shape index (κ1) is 19.3. The molecule has 7 heteroatoms. The van der Waals surface area contributed by atoms with E-state index < -0.39 is 0 Å². The van der Waals surface area contributed by atoms with Crippen LogP contribution in [-0.2, 0) is 6.42 Å². The Bertz CT molecular complexity index is 1510. The molecule has 1 aliphatic heterocycles. The number of benzene rings is 3. The molecule has 32 heavy (non-hydrogen) atoms. The standard InChI is InChI=1S/C25H16Cl2N4O/c1-14-2-11-19-20-13-22-28-29-25(16-5-9-18(27)10-6-16)31(22)30-23(24(20)32-21(19)12-14)15-3-7-17(26)8-4-15/h2-12H,13H2,1H3. The molecule has 5 nitrogen and oxygen atoms in total. The topological polar surface area (TPSA) is 56.2 Å². The Morgan fingerprint density at radius 3 is 2.25 bits per heavy atom. The average molecular weight is 459 g/mol. The van der Waals surface area contributed by atoms with E-state index in [0.29, 0.717) is 28.0 Å². The summed E-state index contributed by atoms with van der Waals surface area (Å²) in [5.41, 5.74) is 5.50. The van der Waals surface area contributed by atoms with Crippen molar-refractivity contribution in [3.05, 3.63) is 105 Å². The van der Waals surface area contributed by atoms with Crippen molar-refractivity contribution in [2.24, 2.45) is 5.10 Å². The zero-order valence-electron chi connectivity index (χ0n) is 17.0. The van der Waals surface area contributed by atoms with Gasteiger partial charge in [0.05, 0.1) is 0 Å². The highest BCUT2D eigenvalue weighted by Crippen LogP contribution is 2.34. The molecule has 0 N–H and O–H groups in total. The minimum absolute atomic E-state index is 0.548. The molecule has 0 aliphatic carbocycles. The number of aryl methyl sites for hydroxylation is 1. The Morgan fingerprint density at radius 2 is 1.53 bits per heavy atom. The van der Waals surface area contributed by atoms with Crippen LogP contribution < -0.4 is 0 Å². The summed E-state index contributed by atoms with van der Waals surface area (Å²) in [5, 5.41) is 16.3. The van der Waals surface area contributed by atoms with Gasteiger partial charge in [0.25, 0.3) is 0 Å². The molecule has 1 aliphatic rings. The molecule has 156 valence electrons. The smallest absolute Gasteiger partial charge is 0.185 e. The van der Waals surface area contributed by atoms with Gasteiger partial charge >= 0.3 is 0 Å². The van der Waals surface area contributed by atoms with Crippen LogP contribution in [0, 0.1) is 6.92 Å². The predicted octanol–water partition coefficient (Wildman–Crippen LogP) is 6.51. The quantitative estimate of drug-likeness (QED) is 0.297. The van der Waals surface area contributed by atoms with Gasteiger partial charge in [-0.25, -0.2) is 0 Å². The minimum Gasteiger partial charge on any atom is -0.454 e. The van der Waals surface area contributed by atoms with Crippen LogP contribution in [0.4, 0.5) is 0 Å². The second-order valence-electron chi connectivity index (χ2n) is 7.80. The van der Waals surface area contributed by atoms with Gasteiger partial charge in [0.1, 0.15) is 11.3 Å². The fourth-order valence-corrected chi connectivity index (χ4v) is 4.28. The molecule has 0 fully saturated rings. The summed E-state index contributed by atoms with van der Waals surface area (Å²) in [5.74, 6) is 2.12. The van der Waals surface area contributed by atoms with E-state index in [1.807, 2.05) is 54.6 Å². The molecule has 0 atom stereocenters. The number of nitrogens with zero attached hydrogens (tertiary/aromatic N) is 4. The van der Waals surface area contributed by atoms with E-state index in [4.69, 9.17) is 32.7 Å². The maximum Gasteiger partial charge on any atom is 0.185 e.